The van der Waals surface area contributed by atoms with Gasteiger partial charge in [-0.1, -0.05) is 200 Å². The van der Waals surface area contributed by atoms with Gasteiger partial charge in [-0.15, -0.1) is 0 Å². The van der Waals surface area contributed by atoms with Gasteiger partial charge in [0.15, 0.2) is 11.6 Å². The second-order valence-corrected chi connectivity index (χ2v) is 15.6. The fourth-order valence-corrected chi connectivity index (χ4v) is 9.11. The normalized spacial score (nSPS) is 11.5. The molecule has 0 amide bonds. The van der Waals surface area contributed by atoms with Crippen molar-refractivity contribution in [1.82, 2.24) is 24.1 Å². The topological polar surface area (TPSA) is 48.5 Å². The van der Waals surface area contributed by atoms with E-state index in [1.165, 1.54) is 22.1 Å². The Morgan fingerprint density at radius 1 is 0.258 bits per heavy atom. The number of nitrogens with zero attached hydrogens (tertiary/aromatic N) is 5. The van der Waals surface area contributed by atoms with E-state index in [4.69, 9.17) is 15.0 Å². The van der Waals surface area contributed by atoms with Crippen LogP contribution in [0, 0.1) is 0 Å². The van der Waals surface area contributed by atoms with Crippen LogP contribution in [0.15, 0.2) is 224 Å². The molecule has 0 atom stereocenters. The van der Waals surface area contributed by atoms with Gasteiger partial charge in [-0.3, -0.25) is 4.57 Å². The van der Waals surface area contributed by atoms with E-state index in [9.17, 15) is 0 Å². The average Bonchev–Trinajstić information content (AvgIpc) is 3.88. The summed E-state index contributed by atoms with van der Waals surface area (Å²) in [4.78, 5) is 16.0. The van der Waals surface area contributed by atoms with Crippen molar-refractivity contribution in [1.29, 1.82) is 0 Å². The largest absolute Gasteiger partial charge is 0.307 e. The van der Waals surface area contributed by atoms with Crippen LogP contribution in [0.5, 0.6) is 0 Å². The first kappa shape index (κ1) is 35.5. The van der Waals surface area contributed by atoms with Crippen LogP contribution in [0.1, 0.15) is 0 Å². The predicted octanol–water partition coefficient (Wildman–Crippen LogP) is 14.4. The highest BCUT2D eigenvalue weighted by Crippen LogP contribution is 2.42. The summed E-state index contributed by atoms with van der Waals surface area (Å²) in [5.41, 5.74) is 14.1. The third-order valence-corrected chi connectivity index (χ3v) is 12.0. The molecule has 0 radical (unpaired) electrons. The minimum atomic E-state index is 0.557. The van der Waals surface area contributed by atoms with E-state index in [2.05, 4.69) is 209 Å². The molecule has 0 fully saturated rings. The maximum atomic E-state index is 5.42. The molecule has 12 aromatic rings. The standard InChI is InChI=1S/C57H37N5/c1-4-16-38(17-5-1)39-28-30-40(31-29-39)41-32-34-44(35-33-41)61-51-26-14-12-23-46(51)48-36-37-49-47-24-13-15-27-52(47)62(54(49)53(48)61)57-59-55(43-20-8-3-9-21-43)58-56(60-57)50-25-11-10-22-45(50)42-18-6-2-7-19-42/h1-37H. The Morgan fingerprint density at radius 3 is 1.27 bits per heavy atom. The first-order valence-electron chi connectivity index (χ1n) is 21.0. The molecule has 12 rings (SSSR count). The van der Waals surface area contributed by atoms with Crippen molar-refractivity contribution in [2.24, 2.45) is 0 Å². The number of para-hydroxylation sites is 2. The van der Waals surface area contributed by atoms with Crippen molar-refractivity contribution in [3.05, 3.63) is 224 Å². The molecular weight excluding hydrogens is 755 g/mol. The van der Waals surface area contributed by atoms with Gasteiger partial charge >= 0.3 is 0 Å². The molecular formula is C57H37N5. The lowest BCUT2D eigenvalue weighted by molar-refractivity contribution is 0.953. The molecule has 0 aliphatic rings. The van der Waals surface area contributed by atoms with Gasteiger partial charge in [-0.25, -0.2) is 4.98 Å². The van der Waals surface area contributed by atoms with E-state index in [-0.39, 0.29) is 0 Å². The van der Waals surface area contributed by atoms with Crippen molar-refractivity contribution in [3.8, 4) is 67.8 Å². The Balaban J connectivity index is 1.11. The minimum absolute atomic E-state index is 0.557. The van der Waals surface area contributed by atoms with Gasteiger partial charge < -0.3 is 4.57 Å². The fourth-order valence-electron chi connectivity index (χ4n) is 9.11. The quantitative estimate of drug-likeness (QED) is 0.162. The van der Waals surface area contributed by atoms with Gasteiger partial charge in [-0.05, 0) is 57.6 Å². The van der Waals surface area contributed by atoms with Gasteiger partial charge in [0, 0.05) is 38.4 Å². The fraction of sp³-hybridized carbons (Fsp3) is 0. The zero-order valence-corrected chi connectivity index (χ0v) is 33.6. The zero-order chi connectivity index (χ0) is 41.0. The van der Waals surface area contributed by atoms with Gasteiger partial charge in [0.25, 0.3) is 0 Å². The number of aromatic nitrogens is 5. The van der Waals surface area contributed by atoms with Crippen molar-refractivity contribution in [2.75, 3.05) is 0 Å². The Morgan fingerprint density at radius 2 is 0.677 bits per heavy atom. The van der Waals surface area contributed by atoms with E-state index in [1.807, 2.05) is 24.3 Å². The van der Waals surface area contributed by atoms with Crippen LogP contribution in [-0.4, -0.2) is 24.1 Å². The highest BCUT2D eigenvalue weighted by atomic mass is 15.2. The van der Waals surface area contributed by atoms with Crippen LogP contribution in [0.2, 0.25) is 0 Å². The molecule has 290 valence electrons. The van der Waals surface area contributed by atoms with Crippen LogP contribution in [0.25, 0.3) is 111 Å². The third kappa shape index (κ3) is 5.90. The lowest BCUT2D eigenvalue weighted by Crippen LogP contribution is -2.07. The Bertz CT molecular complexity index is 3590. The minimum Gasteiger partial charge on any atom is -0.307 e. The number of benzene rings is 9. The molecule has 0 aliphatic heterocycles. The first-order valence-corrected chi connectivity index (χ1v) is 21.0. The molecule has 0 unspecified atom stereocenters. The Kier molecular flexibility index (Phi) is 8.42. The molecule has 0 spiro atoms. The van der Waals surface area contributed by atoms with Crippen molar-refractivity contribution in [2.45, 2.75) is 0 Å². The summed E-state index contributed by atoms with van der Waals surface area (Å²) >= 11 is 0. The highest BCUT2D eigenvalue weighted by Gasteiger charge is 2.24. The SMILES string of the molecule is c1ccc(-c2ccc(-c3ccc(-n4c5ccccc5c5ccc6c7ccccc7n(-c7nc(-c8ccccc8)nc(-c8ccccc8-c8ccccc8)n7)c6c54)cc3)cc2)cc1. The summed E-state index contributed by atoms with van der Waals surface area (Å²) in [7, 11) is 0. The molecule has 0 saturated carbocycles. The molecule has 5 heteroatoms. The summed E-state index contributed by atoms with van der Waals surface area (Å²) in [5, 5.41) is 4.59. The molecule has 3 heterocycles. The van der Waals surface area contributed by atoms with E-state index in [0.29, 0.717) is 17.6 Å². The first-order chi connectivity index (χ1) is 30.8. The number of hydrogen-bond acceptors (Lipinski definition) is 3. The zero-order valence-electron chi connectivity index (χ0n) is 33.6. The van der Waals surface area contributed by atoms with Crippen molar-refractivity contribution in [3.63, 3.8) is 0 Å². The van der Waals surface area contributed by atoms with Gasteiger partial charge in [0.1, 0.15) is 0 Å². The number of rotatable bonds is 7. The van der Waals surface area contributed by atoms with E-state index < -0.39 is 0 Å². The molecule has 0 N–H and O–H groups in total. The van der Waals surface area contributed by atoms with E-state index in [0.717, 1.165) is 71.7 Å². The monoisotopic (exact) mass is 791 g/mol. The summed E-state index contributed by atoms with van der Waals surface area (Å²) < 4.78 is 4.67. The lowest BCUT2D eigenvalue weighted by Gasteiger charge is -2.15. The van der Waals surface area contributed by atoms with Gasteiger partial charge in [0.2, 0.25) is 5.95 Å². The molecule has 9 aromatic carbocycles. The van der Waals surface area contributed by atoms with Gasteiger partial charge in [-0.2, -0.15) is 9.97 Å². The molecule has 5 nitrogen and oxygen atoms in total. The Hall–Kier alpha value is -8.41. The number of hydrogen-bond donors (Lipinski definition) is 0. The van der Waals surface area contributed by atoms with E-state index >= 15 is 0 Å². The lowest BCUT2D eigenvalue weighted by atomic mass is 9.99. The molecule has 0 aliphatic carbocycles. The van der Waals surface area contributed by atoms with E-state index in [1.54, 1.807) is 0 Å². The maximum Gasteiger partial charge on any atom is 0.238 e. The summed E-state index contributed by atoms with van der Waals surface area (Å²) in [5.74, 6) is 1.78. The molecule has 0 saturated heterocycles. The van der Waals surface area contributed by atoms with Crippen LogP contribution >= 0.6 is 0 Å². The Labute approximate surface area is 358 Å². The molecule has 62 heavy (non-hydrogen) atoms. The van der Waals surface area contributed by atoms with Crippen LogP contribution in [0.4, 0.5) is 0 Å². The summed E-state index contributed by atoms with van der Waals surface area (Å²) in [6.07, 6.45) is 0. The average molecular weight is 792 g/mol. The highest BCUT2D eigenvalue weighted by molar-refractivity contribution is 6.23. The predicted molar refractivity (Wildman–Crippen MR) is 256 cm³/mol. The molecule has 3 aromatic heterocycles. The summed E-state index contributed by atoms with van der Waals surface area (Å²) in [6, 6.07) is 79.2. The van der Waals surface area contributed by atoms with Crippen molar-refractivity contribution < 1.29 is 0 Å². The van der Waals surface area contributed by atoms with Crippen LogP contribution in [0.3, 0.4) is 0 Å². The van der Waals surface area contributed by atoms with Crippen LogP contribution < -0.4 is 0 Å². The van der Waals surface area contributed by atoms with Crippen LogP contribution in [-0.2, 0) is 0 Å². The smallest absolute Gasteiger partial charge is 0.238 e. The number of fused-ring (bicyclic) bond motifs is 7. The second kappa shape index (κ2) is 14.7. The summed E-state index contributed by atoms with van der Waals surface area (Å²) in [6.45, 7) is 0. The van der Waals surface area contributed by atoms with Gasteiger partial charge in [0.05, 0.1) is 22.1 Å². The molecule has 0 bridgehead atoms. The second-order valence-electron chi connectivity index (χ2n) is 15.6. The maximum absolute atomic E-state index is 5.42. The third-order valence-electron chi connectivity index (χ3n) is 12.0. The van der Waals surface area contributed by atoms with Crippen molar-refractivity contribution >= 4 is 43.6 Å².